The summed E-state index contributed by atoms with van der Waals surface area (Å²) in [5.74, 6) is 0.889. The molecule has 1 saturated heterocycles. The Morgan fingerprint density at radius 3 is 2.97 bits per heavy atom. The number of likely N-dealkylation sites (tertiary alicyclic amines) is 1. The van der Waals surface area contributed by atoms with Crippen molar-refractivity contribution >= 4 is 39.2 Å². The molecule has 174 valence electrons. The van der Waals surface area contributed by atoms with Crippen LogP contribution in [-0.2, 0) is 16.6 Å². The lowest BCUT2D eigenvalue weighted by Gasteiger charge is -2.65. The van der Waals surface area contributed by atoms with Crippen molar-refractivity contribution in [3.05, 3.63) is 50.1 Å². The predicted molar refractivity (Wildman–Crippen MR) is 134 cm³/mol. The number of halogens is 1. The number of amides is 1. The molecule has 2 aliphatic carbocycles. The molecule has 33 heavy (non-hydrogen) atoms. The first-order valence-corrected chi connectivity index (χ1v) is 13.3. The van der Waals surface area contributed by atoms with Gasteiger partial charge in [-0.25, -0.2) is 0 Å². The summed E-state index contributed by atoms with van der Waals surface area (Å²) in [6, 6.07) is 6.30. The number of benzene rings is 1. The first-order valence-electron chi connectivity index (χ1n) is 11.7. The van der Waals surface area contributed by atoms with Gasteiger partial charge in [-0.05, 0) is 84.4 Å². The van der Waals surface area contributed by atoms with Gasteiger partial charge < -0.3 is 19.6 Å². The highest BCUT2D eigenvalue weighted by atomic mass is 79.9. The molecule has 4 aliphatic rings. The van der Waals surface area contributed by atoms with E-state index in [0.717, 1.165) is 41.6 Å². The van der Waals surface area contributed by atoms with Crippen LogP contribution in [0.4, 0.5) is 0 Å². The average Bonchev–Trinajstić information content (AvgIpc) is 3.36. The van der Waals surface area contributed by atoms with E-state index >= 15 is 0 Å². The number of thiophene rings is 1. The largest absolute Gasteiger partial charge is 0.504 e. The molecular weight excluding hydrogens is 500 g/mol. The molecule has 7 heteroatoms. The summed E-state index contributed by atoms with van der Waals surface area (Å²) in [5, 5.41) is 12.8. The van der Waals surface area contributed by atoms with E-state index < -0.39 is 0 Å². The van der Waals surface area contributed by atoms with Crippen molar-refractivity contribution in [1.82, 2.24) is 9.80 Å². The van der Waals surface area contributed by atoms with Crippen molar-refractivity contribution in [3.63, 3.8) is 0 Å². The van der Waals surface area contributed by atoms with Crippen LogP contribution in [-0.4, -0.2) is 59.6 Å². The van der Waals surface area contributed by atoms with Gasteiger partial charge in [0.1, 0.15) is 6.10 Å². The standard InChI is InChI=1S/C26H29BrN2O3S/c1-25-9-8-18(29(3)21(31)7-5-17-13-16(27)14-33-17)24-26(25)10-11-28(2)20(25)12-15-4-6-19(30)23(32-24)22(15)26/h4-7,13-14,18,20,24,30H,8-12H2,1-3H3/b7-5+/t18?,20-,24?,25+,26+/m1/s1. The number of hydrogen-bond donors (Lipinski definition) is 1. The van der Waals surface area contributed by atoms with Crippen molar-refractivity contribution < 1.29 is 14.6 Å². The smallest absolute Gasteiger partial charge is 0.246 e. The van der Waals surface area contributed by atoms with Crippen LogP contribution in [0.1, 0.15) is 42.2 Å². The maximum absolute atomic E-state index is 13.2. The van der Waals surface area contributed by atoms with Gasteiger partial charge in [0.2, 0.25) is 5.91 Å². The number of nitrogens with zero attached hydrogens (tertiary/aromatic N) is 2. The molecule has 1 N–H and O–H groups in total. The number of rotatable bonds is 3. The van der Waals surface area contributed by atoms with E-state index in [9.17, 15) is 9.90 Å². The van der Waals surface area contributed by atoms with Crippen molar-refractivity contribution in [3.8, 4) is 11.5 Å². The van der Waals surface area contributed by atoms with Crippen molar-refractivity contribution in [2.24, 2.45) is 5.41 Å². The van der Waals surface area contributed by atoms with Crippen LogP contribution in [0.5, 0.6) is 11.5 Å². The molecule has 0 radical (unpaired) electrons. The lowest BCUT2D eigenvalue weighted by atomic mass is 9.43. The Kier molecular flexibility index (Phi) is 4.82. The van der Waals surface area contributed by atoms with E-state index in [0.29, 0.717) is 11.8 Å². The minimum absolute atomic E-state index is 0.00573. The summed E-state index contributed by atoms with van der Waals surface area (Å²) in [5.41, 5.74) is 2.41. The number of likely N-dealkylation sites (N-methyl/N-ethyl adjacent to an activating group) is 2. The van der Waals surface area contributed by atoms with Crippen LogP contribution < -0.4 is 4.74 Å². The molecule has 1 saturated carbocycles. The molecule has 1 amide bonds. The second-order valence-electron chi connectivity index (χ2n) is 10.4. The van der Waals surface area contributed by atoms with Crippen LogP contribution in [0.15, 0.2) is 34.1 Å². The van der Waals surface area contributed by atoms with Gasteiger partial charge in [0.25, 0.3) is 0 Å². The van der Waals surface area contributed by atoms with Crippen molar-refractivity contribution in [2.45, 2.75) is 56.2 Å². The van der Waals surface area contributed by atoms with Crippen LogP contribution >= 0.6 is 27.3 Å². The molecule has 2 aliphatic heterocycles. The second-order valence-corrected chi connectivity index (χ2v) is 12.2. The quantitative estimate of drug-likeness (QED) is 0.580. The average molecular weight is 530 g/mol. The fraction of sp³-hybridized carbons (Fsp3) is 0.500. The van der Waals surface area contributed by atoms with Gasteiger partial charge >= 0.3 is 0 Å². The molecule has 5 atom stereocenters. The molecule has 1 aromatic heterocycles. The van der Waals surface area contributed by atoms with Gasteiger partial charge in [-0.15, -0.1) is 11.3 Å². The Balaban J connectivity index is 1.39. The molecule has 2 fully saturated rings. The van der Waals surface area contributed by atoms with E-state index in [4.69, 9.17) is 4.74 Å². The SMILES string of the molecule is CN(C(=O)/C=C/c1cc(Br)cs1)C1CC[C@@]2(C)[C@H]3Cc4ccc(O)c5c4[C@@]2(CCN3C)C1O5. The van der Waals surface area contributed by atoms with Crippen LogP contribution in [0.2, 0.25) is 0 Å². The Labute approximate surface area is 207 Å². The molecule has 3 heterocycles. The fourth-order valence-electron chi connectivity index (χ4n) is 7.45. The Hall–Kier alpha value is -1.83. The lowest BCUT2D eigenvalue weighted by molar-refractivity contribution is -0.148. The first kappa shape index (κ1) is 21.7. The van der Waals surface area contributed by atoms with E-state index in [1.54, 1.807) is 23.5 Å². The molecule has 2 bridgehead atoms. The first-order chi connectivity index (χ1) is 15.8. The number of phenolic OH excluding ortho intramolecular Hbond substituents is 1. The van der Waals surface area contributed by atoms with Gasteiger partial charge in [0.05, 0.1) is 6.04 Å². The number of carbonyl (C=O) groups is 1. The third-order valence-corrected chi connectivity index (χ3v) is 10.7. The number of piperidine rings is 1. The van der Waals surface area contributed by atoms with Crippen LogP contribution in [0.25, 0.3) is 6.08 Å². The highest BCUT2D eigenvalue weighted by Crippen LogP contribution is 2.69. The summed E-state index contributed by atoms with van der Waals surface area (Å²) in [6.45, 7) is 3.44. The van der Waals surface area contributed by atoms with E-state index in [1.807, 2.05) is 29.5 Å². The number of carbonyl (C=O) groups excluding carboxylic acids is 1. The van der Waals surface area contributed by atoms with E-state index in [1.165, 1.54) is 11.1 Å². The molecule has 2 unspecified atom stereocenters. The van der Waals surface area contributed by atoms with E-state index in [2.05, 4.69) is 40.9 Å². The number of aromatic hydroxyl groups is 1. The third-order valence-electron chi connectivity index (χ3n) is 9.09. The summed E-state index contributed by atoms with van der Waals surface area (Å²) >= 11 is 5.08. The van der Waals surface area contributed by atoms with Crippen LogP contribution in [0, 0.1) is 5.41 Å². The summed E-state index contributed by atoms with van der Waals surface area (Å²) < 4.78 is 7.70. The molecule has 1 aromatic carbocycles. The number of ether oxygens (including phenoxy) is 1. The Morgan fingerprint density at radius 2 is 2.21 bits per heavy atom. The van der Waals surface area contributed by atoms with E-state index in [-0.39, 0.29) is 34.6 Å². The highest BCUT2D eigenvalue weighted by Gasteiger charge is 2.71. The molecular formula is C26H29BrN2O3S. The van der Waals surface area contributed by atoms with Gasteiger partial charge in [0.15, 0.2) is 11.5 Å². The lowest BCUT2D eigenvalue weighted by Crippen LogP contribution is -2.73. The maximum Gasteiger partial charge on any atom is 0.246 e. The van der Waals surface area contributed by atoms with Crippen molar-refractivity contribution in [2.75, 3.05) is 20.6 Å². The summed E-state index contributed by atoms with van der Waals surface area (Å²) in [7, 11) is 4.15. The summed E-state index contributed by atoms with van der Waals surface area (Å²) in [4.78, 5) is 18.7. The van der Waals surface area contributed by atoms with Crippen LogP contribution in [0.3, 0.4) is 0 Å². The Morgan fingerprint density at radius 1 is 1.39 bits per heavy atom. The highest BCUT2D eigenvalue weighted by molar-refractivity contribution is 9.10. The Bertz CT molecular complexity index is 1180. The normalized spacial score (nSPS) is 34.2. The monoisotopic (exact) mass is 528 g/mol. The minimum Gasteiger partial charge on any atom is -0.504 e. The zero-order valence-corrected chi connectivity index (χ0v) is 21.6. The fourth-order valence-corrected chi connectivity index (χ4v) is 8.79. The van der Waals surface area contributed by atoms with Gasteiger partial charge in [-0.2, -0.15) is 0 Å². The molecule has 5 nitrogen and oxygen atoms in total. The zero-order chi connectivity index (χ0) is 23.1. The zero-order valence-electron chi connectivity index (χ0n) is 19.2. The molecule has 1 spiro atoms. The number of phenols is 1. The summed E-state index contributed by atoms with van der Waals surface area (Å²) in [6.07, 6.45) is 7.34. The predicted octanol–water partition coefficient (Wildman–Crippen LogP) is 4.82. The number of hydrogen-bond acceptors (Lipinski definition) is 5. The van der Waals surface area contributed by atoms with Gasteiger partial charge in [0, 0.05) is 44.9 Å². The maximum atomic E-state index is 13.2. The topological polar surface area (TPSA) is 53.0 Å². The third kappa shape index (κ3) is 2.82. The molecule has 6 rings (SSSR count). The molecule has 2 aromatic rings. The van der Waals surface area contributed by atoms with Crippen molar-refractivity contribution in [1.29, 1.82) is 0 Å². The van der Waals surface area contributed by atoms with Gasteiger partial charge in [-0.3, -0.25) is 4.79 Å². The minimum atomic E-state index is -0.175. The second kappa shape index (κ2) is 7.33. The van der Waals surface area contributed by atoms with Gasteiger partial charge in [-0.1, -0.05) is 13.0 Å².